The van der Waals surface area contributed by atoms with Crippen LogP contribution in [0.2, 0.25) is 10.0 Å². The molecule has 1 aliphatic rings. The van der Waals surface area contributed by atoms with Crippen LogP contribution in [0.15, 0.2) is 42.0 Å². The second-order valence-electron chi connectivity index (χ2n) is 5.78. The lowest BCUT2D eigenvalue weighted by atomic mass is 10.1. The zero-order valence-corrected chi connectivity index (χ0v) is 16.1. The number of hydrogen-bond donors (Lipinski definition) is 2. The number of aromatic hydroxyl groups is 1. The fourth-order valence-corrected chi connectivity index (χ4v) is 3.19. The van der Waals surface area contributed by atoms with Gasteiger partial charge >= 0.3 is 6.03 Å². The number of phenols is 1. The van der Waals surface area contributed by atoms with Gasteiger partial charge in [-0.05, 0) is 48.0 Å². The number of ether oxygens (including phenoxy) is 1. The van der Waals surface area contributed by atoms with E-state index in [4.69, 9.17) is 34.4 Å². The van der Waals surface area contributed by atoms with E-state index in [0.29, 0.717) is 5.56 Å². The van der Waals surface area contributed by atoms with Crippen LogP contribution in [0.1, 0.15) is 5.56 Å². The fourth-order valence-electron chi connectivity index (χ4n) is 2.57. The third kappa shape index (κ3) is 4.19. The van der Waals surface area contributed by atoms with E-state index >= 15 is 0 Å². The summed E-state index contributed by atoms with van der Waals surface area (Å²) in [7, 11) is 0. The zero-order chi connectivity index (χ0) is 21.1. The molecule has 0 atom stereocenters. The van der Waals surface area contributed by atoms with Crippen molar-refractivity contribution in [3.05, 3.63) is 57.6 Å². The average molecular weight is 431 g/mol. The highest BCUT2D eigenvalue weighted by Crippen LogP contribution is 2.35. The van der Waals surface area contributed by atoms with E-state index in [-0.39, 0.29) is 39.4 Å². The molecular weight excluding hydrogens is 419 g/mol. The third-order valence-corrected chi connectivity index (χ3v) is 4.40. The van der Waals surface area contributed by atoms with Gasteiger partial charge in [-0.2, -0.15) is 0 Å². The van der Waals surface area contributed by atoms with E-state index in [1.807, 2.05) is 0 Å². The van der Waals surface area contributed by atoms with Crippen molar-refractivity contribution < 1.29 is 24.2 Å². The molecular formula is C20H12Cl2N2O5. The molecule has 0 spiro atoms. The van der Waals surface area contributed by atoms with Gasteiger partial charge in [0.1, 0.15) is 17.9 Å². The minimum absolute atomic E-state index is 0.0372. The van der Waals surface area contributed by atoms with Crippen molar-refractivity contribution >= 4 is 52.8 Å². The molecule has 146 valence electrons. The van der Waals surface area contributed by atoms with Gasteiger partial charge in [-0.15, -0.1) is 6.42 Å². The Hall–Kier alpha value is -3.47. The highest BCUT2D eigenvalue weighted by Gasteiger charge is 2.36. The van der Waals surface area contributed by atoms with E-state index < -0.39 is 17.8 Å². The van der Waals surface area contributed by atoms with Gasteiger partial charge in [0.2, 0.25) is 0 Å². The van der Waals surface area contributed by atoms with Crippen molar-refractivity contribution in [3.63, 3.8) is 0 Å². The van der Waals surface area contributed by atoms with E-state index in [2.05, 4.69) is 11.2 Å². The molecule has 2 aromatic rings. The number of urea groups is 1. The molecule has 0 radical (unpaired) electrons. The van der Waals surface area contributed by atoms with Crippen molar-refractivity contribution in [2.75, 3.05) is 11.5 Å². The molecule has 1 aliphatic heterocycles. The number of imide groups is 2. The second kappa shape index (κ2) is 8.27. The first-order chi connectivity index (χ1) is 13.8. The van der Waals surface area contributed by atoms with Crippen LogP contribution in [0.3, 0.4) is 0 Å². The van der Waals surface area contributed by atoms with E-state index in [1.165, 1.54) is 42.5 Å². The van der Waals surface area contributed by atoms with E-state index in [9.17, 15) is 19.5 Å². The fraction of sp³-hybridized carbons (Fsp3) is 0.0500. The zero-order valence-electron chi connectivity index (χ0n) is 14.6. The first-order valence-corrected chi connectivity index (χ1v) is 8.83. The van der Waals surface area contributed by atoms with Crippen LogP contribution in [0.25, 0.3) is 6.08 Å². The van der Waals surface area contributed by atoms with Gasteiger partial charge in [0.25, 0.3) is 11.8 Å². The van der Waals surface area contributed by atoms with Crippen LogP contribution < -0.4 is 15.0 Å². The highest BCUT2D eigenvalue weighted by molar-refractivity contribution is 6.40. The van der Waals surface area contributed by atoms with Crippen molar-refractivity contribution in [3.8, 4) is 23.8 Å². The lowest BCUT2D eigenvalue weighted by Crippen LogP contribution is -2.54. The molecule has 7 nitrogen and oxygen atoms in total. The molecule has 0 unspecified atom stereocenters. The molecule has 9 heteroatoms. The van der Waals surface area contributed by atoms with Crippen molar-refractivity contribution in [1.29, 1.82) is 0 Å². The Morgan fingerprint density at radius 3 is 2.34 bits per heavy atom. The molecule has 1 heterocycles. The van der Waals surface area contributed by atoms with Gasteiger partial charge in [-0.3, -0.25) is 14.9 Å². The van der Waals surface area contributed by atoms with Gasteiger partial charge in [0.05, 0.1) is 15.7 Å². The first kappa shape index (κ1) is 20.3. The second-order valence-corrected chi connectivity index (χ2v) is 6.60. The average Bonchev–Trinajstić information content (AvgIpc) is 2.66. The molecule has 0 saturated carbocycles. The first-order valence-electron chi connectivity index (χ1n) is 8.07. The van der Waals surface area contributed by atoms with Gasteiger partial charge in [-0.1, -0.05) is 29.1 Å². The Morgan fingerprint density at radius 1 is 1.14 bits per heavy atom. The molecule has 0 bridgehead atoms. The Bertz CT molecular complexity index is 1060. The predicted octanol–water partition coefficient (Wildman–Crippen LogP) is 3.38. The van der Waals surface area contributed by atoms with Gasteiger partial charge in [-0.25, -0.2) is 9.69 Å². The minimum Gasteiger partial charge on any atom is -0.508 e. The summed E-state index contributed by atoms with van der Waals surface area (Å²) in [5, 5.41) is 11.8. The quantitative estimate of drug-likeness (QED) is 0.440. The molecule has 2 N–H and O–H groups in total. The number of nitrogens with zero attached hydrogens (tertiary/aromatic N) is 1. The lowest BCUT2D eigenvalue weighted by molar-refractivity contribution is -0.122. The number of phenolic OH excluding ortho intramolecular Hbond substituents is 1. The number of halogens is 2. The summed E-state index contributed by atoms with van der Waals surface area (Å²) < 4.78 is 5.26. The predicted molar refractivity (Wildman–Crippen MR) is 108 cm³/mol. The lowest BCUT2D eigenvalue weighted by Gasteiger charge is -2.26. The van der Waals surface area contributed by atoms with Crippen LogP contribution >= 0.6 is 23.2 Å². The number of carbonyl (C=O) groups is 3. The summed E-state index contributed by atoms with van der Waals surface area (Å²) in [5.74, 6) is 0.714. The van der Waals surface area contributed by atoms with Crippen molar-refractivity contribution in [2.24, 2.45) is 0 Å². The van der Waals surface area contributed by atoms with Gasteiger partial charge < -0.3 is 9.84 Å². The van der Waals surface area contributed by atoms with Gasteiger partial charge in [0, 0.05) is 0 Å². The molecule has 1 saturated heterocycles. The van der Waals surface area contributed by atoms with Crippen molar-refractivity contribution in [2.45, 2.75) is 0 Å². The molecule has 4 amide bonds. The summed E-state index contributed by atoms with van der Waals surface area (Å²) in [6, 6.07) is 7.32. The molecule has 0 aliphatic carbocycles. The van der Waals surface area contributed by atoms with Crippen LogP contribution in [0, 0.1) is 12.3 Å². The number of barbiturate groups is 1. The summed E-state index contributed by atoms with van der Waals surface area (Å²) >= 11 is 12.3. The topological polar surface area (TPSA) is 95.9 Å². The largest absolute Gasteiger partial charge is 0.508 e. The molecule has 1 fully saturated rings. The van der Waals surface area contributed by atoms with E-state index in [1.54, 1.807) is 0 Å². The summed E-state index contributed by atoms with van der Waals surface area (Å²) in [5.41, 5.74) is 0.214. The minimum atomic E-state index is -0.906. The van der Waals surface area contributed by atoms with Crippen LogP contribution in [0.4, 0.5) is 10.5 Å². The number of hydrogen-bond acceptors (Lipinski definition) is 5. The molecule has 2 aromatic carbocycles. The number of anilines is 1. The molecule has 0 aromatic heterocycles. The highest BCUT2D eigenvalue weighted by atomic mass is 35.5. The SMILES string of the molecule is C#CCOc1c(Cl)cc(/C=C2\C(=O)NC(=O)N(c3ccc(O)cc3)C2=O)cc1Cl. The Kier molecular flexibility index (Phi) is 5.78. The van der Waals surface area contributed by atoms with Crippen LogP contribution in [-0.2, 0) is 9.59 Å². The van der Waals surface area contributed by atoms with Crippen LogP contribution in [0.5, 0.6) is 11.5 Å². The maximum Gasteiger partial charge on any atom is 0.335 e. The monoisotopic (exact) mass is 430 g/mol. The number of terminal acetylenes is 1. The number of carbonyl (C=O) groups excluding carboxylic acids is 3. The Morgan fingerprint density at radius 2 is 1.76 bits per heavy atom. The maximum atomic E-state index is 12.8. The van der Waals surface area contributed by atoms with Gasteiger partial charge in [0.15, 0.2) is 5.75 Å². The summed E-state index contributed by atoms with van der Waals surface area (Å²) in [6.45, 7) is -0.0372. The summed E-state index contributed by atoms with van der Waals surface area (Å²) in [4.78, 5) is 38.0. The number of nitrogens with one attached hydrogen (secondary N) is 1. The Labute approximate surface area is 175 Å². The third-order valence-electron chi connectivity index (χ3n) is 3.84. The number of rotatable bonds is 4. The standard InChI is InChI=1S/C20H12Cl2N2O5/c1-2-7-29-17-15(21)9-11(10-16(17)22)8-14-18(26)23-20(28)24(19(14)27)12-3-5-13(25)6-4-12/h1,3-6,8-10,25H,7H2,(H,23,26,28)/b14-8+. The summed E-state index contributed by atoms with van der Waals surface area (Å²) in [6.07, 6.45) is 6.39. The van der Waals surface area contributed by atoms with Crippen LogP contribution in [-0.4, -0.2) is 29.6 Å². The number of amides is 4. The van der Waals surface area contributed by atoms with Crippen molar-refractivity contribution in [1.82, 2.24) is 5.32 Å². The molecule has 3 rings (SSSR count). The molecule has 29 heavy (non-hydrogen) atoms. The normalized spacial score (nSPS) is 15.3. The number of benzene rings is 2. The maximum absolute atomic E-state index is 12.8. The van der Waals surface area contributed by atoms with E-state index in [0.717, 1.165) is 4.90 Å². The Balaban J connectivity index is 1.98. The smallest absolute Gasteiger partial charge is 0.335 e.